The maximum absolute atomic E-state index is 13.5. The highest BCUT2D eigenvalue weighted by Gasteiger charge is 2.34. The van der Waals surface area contributed by atoms with Gasteiger partial charge in [-0.1, -0.05) is 24.3 Å². The maximum Gasteiger partial charge on any atom is 0.418 e. The number of para-hydroxylation sites is 1. The fraction of sp³-hybridized carbons (Fsp3) is 0.217. The number of carbonyl (C=O) groups is 2. The summed E-state index contributed by atoms with van der Waals surface area (Å²) >= 11 is 0. The van der Waals surface area contributed by atoms with Crippen molar-refractivity contribution in [3.63, 3.8) is 0 Å². The quantitative estimate of drug-likeness (QED) is 0.548. The van der Waals surface area contributed by atoms with Crippen LogP contribution in [0.25, 0.3) is 5.69 Å². The summed E-state index contributed by atoms with van der Waals surface area (Å²) in [7, 11) is 1.39. The summed E-state index contributed by atoms with van der Waals surface area (Å²) in [6.07, 6.45) is -4.65. The lowest BCUT2D eigenvalue weighted by molar-refractivity contribution is -0.137. The van der Waals surface area contributed by atoms with Gasteiger partial charge in [0.2, 0.25) is 11.3 Å². The maximum atomic E-state index is 13.5. The van der Waals surface area contributed by atoms with Gasteiger partial charge in [0.25, 0.3) is 5.91 Å². The molecule has 11 heteroatoms. The van der Waals surface area contributed by atoms with Gasteiger partial charge in [0.1, 0.15) is 6.61 Å². The van der Waals surface area contributed by atoms with Crippen LogP contribution in [-0.2, 0) is 22.3 Å². The molecule has 0 aliphatic heterocycles. The Morgan fingerprint density at radius 1 is 1.09 bits per heavy atom. The van der Waals surface area contributed by atoms with Crippen LogP contribution >= 0.6 is 0 Å². The van der Waals surface area contributed by atoms with Gasteiger partial charge in [-0.15, -0.1) is 0 Å². The van der Waals surface area contributed by atoms with Gasteiger partial charge in [-0.25, -0.2) is 4.68 Å². The Balaban J connectivity index is 1.84. The third-order valence-corrected chi connectivity index (χ3v) is 4.70. The van der Waals surface area contributed by atoms with E-state index in [1.807, 2.05) is 0 Å². The van der Waals surface area contributed by atoms with Gasteiger partial charge in [0.05, 0.1) is 11.3 Å². The van der Waals surface area contributed by atoms with Crippen molar-refractivity contribution in [3.8, 4) is 5.69 Å². The van der Waals surface area contributed by atoms with Crippen molar-refractivity contribution in [2.75, 3.05) is 19.0 Å². The molecule has 0 fully saturated rings. The molecule has 34 heavy (non-hydrogen) atoms. The molecule has 0 aliphatic carbocycles. The largest absolute Gasteiger partial charge is 0.418 e. The van der Waals surface area contributed by atoms with Crippen molar-refractivity contribution in [2.24, 2.45) is 0 Å². The van der Waals surface area contributed by atoms with Gasteiger partial charge in [0, 0.05) is 31.1 Å². The van der Waals surface area contributed by atoms with Crippen molar-refractivity contribution < 1.29 is 27.5 Å². The molecule has 0 aliphatic rings. The summed E-state index contributed by atoms with van der Waals surface area (Å²) in [4.78, 5) is 36.7. The van der Waals surface area contributed by atoms with E-state index in [9.17, 15) is 27.6 Å². The number of anilines is 1. The Hall–Kier alpha value is -3.99. The topological polar surface area (TPSA) is 102 Å². The van der Waals surface area contributed by atoms with Crippen LogP contribution in [0.4, 0.5) is 18.9 Å². The van der Waals surface area contributed by atoms with E-state index >= 15 is 0 Å². The predicted molar refractivity (Wildman–Crippen MR) is 118 cm³/mol. The number of methoxy groups -OCH3 is 1. The number of nitrogens with zero attached hydrogens (tertiary/aromatic N) is 2. The normalized spacial score (nSPS) is 11.2. The van der Waals surface area contributed by atoms with E-state index < -0.39 is 28.8 Å². The first-order chi connectivity index (χ1) is 16.1. The van der Waals surface area contributed by atoms with Crippen molar-refractivity contribution >= 4 is 17.5 Å². The first-order valence-corrected chi connectivity index (χ1v) is 10.0. The number of amides is 2. The van der Waals surface area contributed by atoms with Crippen molar-refractivity contribution in [1.29, 1.82) is 0 Å². The number of aryl methyl sites for hydroxylation is 1. The number of ether oxygens (including phenoxy) is 1. The zero-order valence-electron chi connectivity index (χ0n) is 18.3. The SMILES string of the molecule is COCC(=O)Nc1cccc(CNC(=O)c2nn(-c3ccccc3C(F)(F)F)c(C)cc2=O)c1. The number of aromatic nitrogens is 2. The van der Waals surface area contributed by atoms with Crippen LogP contribution in [0.1, 0.15) is 27.3 Å². The Kier molecular flexibility index (Phi) is 7.47. The molecule has 3 aromatic rings. The summed E-state index contributed by atoms with van der Waals surface area (Å²) in [5.41, 5.74) is -1.30. The van der Waals surface area contributed by atoms with E-state index in [1.54, 1.807) is 24.3 Å². The number of halogens is 3. The Morgan fingerprint density at radius 3 is 2.53 bits per heavy atom. The van der Waals surface area contributed by atoms with Gasteiger partial charge in [0.15, 0.2) is 5.69 Å². The summed E-state index contributed by atoms with van der Waals surface area (Å²) in [5, 5.41) is 9.08. The van der Waals surface area contributed by atoms with E-state index in [0.29, 0.717) is 11.3 Å². The van der Waals surface area contributed by atoms with Gasteiger partial charge in [-0.3, -0.25) is 14.4 Å². The molecule has 8 nitrogen and oxygen atoms in total. The molecule has 0 unspecified atom stereocenters. The van der Waals surface area contributed by atoms with Gasteiger partial charge in [-0.2, -0.15) is 18.3 Å². The minimum Gasteiger partial charge on any atom is -0.375 e. The molecule has 2 N–H and O–H groups in total. The third kappa shape index (κ3) is 5.87. The summed E-state index contributed by atoms with van der Waals surface area (Å²) in [5.74, 6) is -1.20. The number of hydrogen-bond donors (Lipinski definition) is 2. The van der Waals surface area contributed by atoms with E-state index in [-0.39, 0.29) is 30.4 Å². The lowest BCUT2D eigenvalue weighted by Gasteiger charge is -2.16. The highest BCUT2D eigenvalue weighted by Crippen LogP contribution is 2.33. The van der Waals surface area contributed by atoms with E-state index in [2.05, 4.69) is 15.7 Å². The molecule has 1 aromatic heterocycles. The minimum absolute atomic E-state index is 0.0129. The zero-order chi connectivity index (χ0) is 24.9. The average molecular weight is 474 g/mol. The molecule has 2 amide bonds. The second-order valence-corrected chi connectivity index (χ2v) is 7.29. The van der Waals surface area contributed by atoms with E-state index in [1.165, 1.54) is 32.2 Å². The van der Waals surface area contributed by atoms with Gasteiger partial charge in [-0.05, 0) is 36.8 Å². The first kappa shape index (κ1) is 24.6. The number of benzene rings is 2. The molecule has 0 atom stereocenters. The fourth-order valence-electron chi connectivity index (χ4n) is 3.20. The number of rotatable bonds is 7. The average Bonchev–Trinajstić information content (AvgIpc) is 2.77. The molecule has 0 saturated heterocycles. The second kappa shape index (κ2) is 10.3. The standard InChI is InChI=1S/C23H21F3N4O4/c1-14-10-19(31)21(29-30(14)18-9-4-3-8-17(18)23(24,25)26)22(33)27-12-15-6-5-7-16(11-15)28-20(32)13-34-2/h3-11H,12-13H2,1-2H3,(H,27,33)(H,28,32). The molecule has 1 heterocycles. The van der Waals surface area contributed by atoms with Crippen molar-refractivity contribution in [2.45, 2.75) is 19.6 Å². The number of nitrogens with one attached hydrogen (secondary N) is 2. The number of alkyl halides is 3. The predicted octanol–water partition coefficient (Wildman–Crippen LogP) is 3.07. The molecule has 0 bridgehead atoms. The molecule has 3 rings (SSSR count). The number of carbonyl (C=O) groups excluding carboxylic acids is 2. The lowest BCUT2D eigenvalue weighted by Crippen LogP contribution is -2.32. The van der Waals surface area contributed by atoms with Crippen LogP contribution in [0.3, 0.4) is 0 Å². The summed E-state index contributed by atoms with van der Waals surface area (Å²) in [6, 6.07) is 12.4. The van der Waals surface area contributed by atoms with Crippen LogP contribution in [0.5, 0.6) is 0 Å². The molecule has 0 saturated carbocycles. The summed E-state index contributed by atoms with van der Waals surface area (Å²) in [6.45, 7) is 1.29. The Morgan fingerprint density at radius 2 is 1.82 bits per heavy atom. The fourth-order valence-corrected chi connectivity index (χ4v) is 3.20. The molecular formula is C23H21F3N4O4. The zero-order valence-corrected chi connectivity index (χ0v) is 18.3. The van der Waals surface area contributed by atoms with Crippen molar-refractivity contribution in [1.82, 2.24) is 15.1 Å². The van der Waals surface area contributed by atoms with E-state index in [4.69, 9.17) is 4.74 Å². The molecule has 2 aromatic carbocycles. The molecule has 0 radical (unpaired) electrons. The number of hydrogen-bond acceptors (Lipinski definition) is 5. The van der Waals surface area contributed by atoms with Gasteiger partial charge >= 0.3 is 6.18 Å². The van der Waals surface area contributed by atoms with Crippen LogP contribution in [0, 0.1) is 6.92 Å². The third-order valence-electron chi connectivity index (χ3n) is 4.70. The lowest BCUT2D eigenvalue weighted by atomic mass is 10.1. The molecule has 178 valence electrons. The Bertz CT molecular complexity index is 1270. The monoisotopic (exact) mass is 474 g/mol. The molecule has 0 spiro atoms. The first-order valence-electron chi connectivity index (χ1n) is 10.0. The van der Waals surface area contributed by atoms with Crippen LogP contribution in [0.15, 0.2) is 59.4 Å². The highest BCUT2D eigenvalue weighted by molar-refractivity contribution is 5.92. The van der Waals surface area contributed by atoms with Crippen LogP contribution < -0.4 is 16.1 Å². The van der Waals surface area contributed by atoms with Crippen LogP contribution in [0.2, 0.25) is 0 Å². The molecular weight excluding hydrogens is 453 g/mol. The van der Waals surface area contributed by atoms with Gasteiger partial charge < -0.3 is 15.4 Å². The smallest absolute Gasteiger partial charge is 0.375 e. The second-order valence-electron chi connectivity index (χ2n) is 7.29. The Labute approximate surface area is 192 Å². The summed E-state index contributed by atoms with van der Waals surface area (Å²) < 4.78 is 46.0. The van der Waals surface area contributed by atoms with Crippen LogP contribution in [-0.4, -0.2) is 35.3 Å². The minimum atomic E-state index is -4.65. The highest BCUT2D eigenvalue weighted by atomic mass is 19.4. The van der Waals surface area contributed by atoms with E-state index in [0.717, 1.165) is 16.8 Å². The van der Waals surface area contributed by atoms with Crippen molar-refractivity contribution in [3.05, 3.63) is 87.3 Å².